The van der Waals surface area contributed by atoms with Crippen LogP contribution in [0, 0.1) is 15.9 Å². The first-order valence-corrected chi connectivity index (χ1v) is 7.21. The van der Waals surface area contributed by atoms with Gasteiger partial charge < -0.3 is 19.9 Å². The first-order valence-electron chi connectivity index (χ1n) is 7.21. The SMILES string of the molecule is O=[N+]([O-])c1ccc(Oc2ccc(F)cc2)cc1NCC1(O)COC1. The van der Waals surface area contributed by atoms with E-state index in [-0.39, 0.29) is 37.0 Å². The first-order chi connectivity index (χ1) is 11.5. The fourth-order valence-electron chi connectivity index (χ4n) is 2.22. The van der Waals surface area contributed by atoms with E-state index in [4.69, 9.17) is 9.47 Å². The molecule has 0 amide bonds. The van der Waals surface area contributed by atoms with Gasteiger partial charge in [0.05, 0.1) is 18.1 Å². The van der Waals surface area contributed by atoms with Gasteiger partial charge in [0.15, 0.2) is 0 Å². The van der Waals surface area contributed by atoms with E-state index in [0.717, 1.165) is 0 Å². The molecule has 0 bridgehead atoms. The van der Waals surface area contributed by atoms with Gasteiger partial charge in [-0.2, -0.15) is 0 Å². The molecule has 0 saturated carbocycles. The Hall–Kier alpha value is -2.71. The van der Waals surface area contributed by atoms with E-state index >= 15 is 0 Å². The van der Waals surface area contributed by atoms with Gasteiger partial charge in [0.1, 0.15) is 28.6 Å². The van der Waals surface area contributed by atoms with Gasteiger partial charge in [0.25, 0.3) is 5.69 Å². The number of nitrogens with one attached hydrogen (secondary N) is 1. The molecule has 1 aliphatic heterocycles. The average Bonchev–Trinajstić information content (AvgIpc) is 2.53. The maximum atomic E-state index is 12.9. The molecule has 0 aromatic heterocycles. The number of hydrogen-bond acceptors (Lipinski definition) is 6. The molecule has 0 atom stereocenters. The van der Waals surface area contributed by atoms with Crippen molar-refractivity contribution >= 4 is 11.4 Å². The van der Waals surface area contributed by atoms with Crippen molar-refractivity contribution in [2.75, 3.05) is 25.1 Å². The highest BCUT2D eigenvalue weighted by Gasteiger charge is 2.36. The van der Waals surface area contributed by atoms with Crippen molar-refractivity contribution in [2.45, 2.75) is 5.60 Å². The predicted molar refractivity (Wildman–Crippen MR) is 83.8 cm³/mol. The summed E-state index contributed by atoms with van der Waals surface area (Å²) in [6, 6.07) is 9.65. The lowest BCUT2D eigenvalue weighted by atomic mass is 10.0. The smallest absolute Gasteiger partial charge is 0.292 e. The molecular formula is C16H15FN2O5. The summed E-state index contributed by atoms with van der Waals surface area (Å²) in [7, 11) is 0. The van der Waals surface area contributed by atoms with Crippen LogP contribution in [0.2, 0.25) is 0 Å². The van der Waals surface area contributed by atoms with Crippen LogP contribution in [0.25, 0.3) is 0 Å². The molecule has 126 valence electrons. The molecule has 1 heterocycles. The number of anilines is 1. The molecule has 2 N–H and O–H groups in total. The van der Waals surface area contributed by atoms with E-state index in [1.54, 1.807) is 0 Å². The Balaban J connectivity index is 1.79. The maximum Gasteiger partial charge on any atom is 0.292 e. The van der Waals surface area contributed by atoms with Gasteiger partial charge in [-0.05, 0) is 30.3 Å². The zero-order valence-corrected chi connectivity index (χ0v) is 12.6. The zero-order chi connectivity index (χ0) is 17.2. The number of rotatable bonds is 6. The van der Waals surface area contributed by atoms with Crippen LogP contribution in [0.5, 0.6) is 11.5 Å². The van der Waals surface area contributed by atoms with Gasteiger partial charge in [-0.25, -0.2) is 4.39 Å². The molecule has 3 rings (SSSR count). The number of nitro benzene ring substituents is 1. The summed E-state index contributed by atoms with van der Waals surface area (Å²) in [6.45, 7) is 0.479. The Kier molecular flexibility index (Phi) is 4.32. The van der Waals surface area contributed by atoms with Crippen molar-refractivity contribution in [3.8, 4) is 11.5 Å². The molecular weight excluding hydrogens is 319 g/mol. The van der Waals surface area contributed by atoms with Crippen molar-refractivity contribution in [3.05, 3.63) is 58.4 Å². The lowest BCUT2D eigenvalue weighted by Gasteiger charge is -2.36. The average molecular weight is 334 g/mol. The summed E-state index contributed by atoms with van der Waals surface area (Å²) < 4.78 is 23.4. The Morgan fingerprint density at radius 2 is 1.92 bits per heavy atom. The number of aliphatic hydroxyl groups is 1. The summed E-state index contributed by atoms with van der Waals surface area (Å²) >= 11 is 0. The van der Waals surface area contributed by atoms with E-state index < -0.39 is 10.5 Å². The third kappa shape index (κ3) is 3.61. The summed E-state index contributed by atoms with van der Waals surface area (Å²) in [6.07, 6.45) is 0. The minimum atomic E-state index is -1.03. The van der Waals surface area contributed by atoms with Crippen LogP contribution >= 0.6 is 0 Å². The Labute approximate surface area is 136 Å². The van der Waals surface area contributed by atoms with Crippen LogP contribution in [0.4, 0.5) is 15.8 Å². The third-order valence-electron chi connectivity index (χ3n) is 3.56. The van der Waals surface area contributed by atoms with Crippen LogP contribution < -0.4 is 10.1 Å². The minimum absolute atomic E-state index is 0.119. The maximum absolute atomic E-state index is 12.9. The minimum Gasteiger partial charge on any atom is -0.457 e. The molecule has 0 spiro atoms. The number of benzene rings is 2. The van der Waals surface area contributed by atoms with Gasteiger partial charge in [-0.3, -0.25) is 10.1 Å². The van der Waals surface area contributed by atoms with Gasteiger partial charge in [0.2, 0.25) is 0 Å². The molecule has 1 saturated heterocycles. The fourth-order valence-corrected chi connectivity index (χ4v) is 2.22. The molecule has 0 unspecified atom stereocenters. The second kappa shape index (κ2) is 6.42. The Morgan fingerprint density at radius 3 is 2.50 bits per heavy atom. The quantitative estimate of drug-likeness (QED) is 0.623. The second-order valence-corrected chi connectivity index (χ2v) is 5.56. The van der Waals surface area contributed by atoms with E-state index in [0.29, 0.717) is 11.5 Å². The summed E-state index contributed by atoms with van der Waals surface area (Å²) in [5.41, 5.74) is -0.938. The van der Waals surface area contributed by atoms with Gasteiger partial charge in [-0.1, -0.05) is 0 Å². The summed E-state index contributed by atoms with van der Waals surface area (Å²) in [4.78, 5) is 10.6. The third-order valence-corrected chi connectivity index (χ3v) is 3.56. The number of nitrogens with zero attached hydrogens (tertiary/aromatic N) is 1. The van der Waals surface area contributed by atoms with Gasteiger partial charge in [0, 0.05) is 18.7 Å². The van der Waals surface area contributed by atoms with Crippen LogP contribution in [0.15, 0.2) is 42.5 Å². The van der Waals surface area contributed by atoms with E-state index in [2.05, 4.69) is 5.32 Å². The summed E-state index contributed by atoms with van der Waals surface area (Å²) in [5.74, 6) is 0.373. The number of ether oxygens (including phenoxy) is 2. The molecule has 0 aliphatic carbocycles. The molecule has 24 heavy (non-hydrogen) atoms. The standard InChI is InChI=1S/C16H15FN2O5/c17-11-1-3-12(4-2-11)24-13-5-6-15(19(21)22)14(7-13)18-8-16(20)9-23-10-16/h1-7,18,20H,8-10H2. The lowest BCUT2D eigenvalue weighted by molar-refractivity contribution is -0.384. The van der Waals surface area contributed by atoms with Crippen LogP contribution in [-0.4, -0.2) is 35.4 Å². The van der Waals surface area contributed by atoms with Gasteiger partial charge in [-0.15, -0.1) is 0 Å². The summed E-state index contributed by atoms with van der Waals surface area (Å²) in [5, 5.41) is 24.0. The topological polar surface area (TPSA) is 93.9 Å². The highest BCUT2D eigenvalue weighted by Crippen LogP contribution is 2.32. The number of hydrogen-bond donors (Lipinski definition) is 2. The van der Waals surface area contributed by atoms with Crippen LogP contribution in [0.3, 0.4) is 0 Å². The fraction of sp³-hybridized carbons (Fsp3) is 0.250. The van der Waals surface area contributed by atoms with E-state index in [1.165, 1.54) is 42.5 Å². The second-order valence-electron chi connectivity index (χ2n) is 5.56. The highest BCUT2D eigenvalue weighted by molar-refractivity contribution is 5.64. The Bertz CT molecular complexity index is 747. The zero-order valence-electron chi connectivity index (χ0n) is 12.6. The molecule has 2 aromatic carbocycles. The van der Waals surface area contributed by atoms with E-state index in [1.807, 2.05) is 0 Å². The molecule has 2 aromatic rings. The molecule has 1 fully saturated rings. The molecule has 8 heteroatoms. The monoisotopic (exact) mass is 334 g/mol. The lowest BCUT2D eigenvalue weighted by Crippen LogP contribution is -2.54. The predicted octanol–water partition coefficient (Wildman–Crippen LogP) is 2.70. The van der Waals surface area contributed by atoms with Crippen molar-refractivity contribution in [2.24, 2.45) is 0 Å². The van der Waals surface area contributed by atoms with Crippen molar-refractivity contribution < 1.29 is 23.9 Å². The molecule has 1 aliphatic rings. The van der Waals surface area contributed by atoms with Crippen molar-refractivity contribution in [3.63, 3.8) is 0 Å². The highest BCUT2D eigenvalue weighted by atomic mass is 19.1. The number of nitro groups is 1. The van der Waals surface area contributed by atoms with Gasteiger partial charge >= 0.3 is 0 Å². The largest absolute Gasteiger partial charge is 0.457 e. The molecule has 0 radical (unpaired) electrons. The van der Waals surface area contributed by atoms with Crippen LogP contribution in [-0.2, 0) is 4.74 Å². The van der Waals surface area contributed by atoms with Crippen LogP contribution in [0.1, 0.15) is 0 Å². The Morgan fingerprint density at radius 1 is 1.25 bits per heavy atom. The normalized spacial score (nSPS) is 15.4. The van der Waals surface area contributed by atoms with Crippen molar-refractivity contribution in [1.82, 2.24) is 0 Å². The van der Waals surface area contributed by atoms with E-state index in [9.17, 15) is 19.6 Å². The first kappa shape index (κ1) is 16.2. The number of halogens is 1. The van der Waals surface area contributed by atoms with Crippen molar-refractivity contribution in [1.29, 1.82) is 0 Å². The molecule has 7 nitrogen and oxygen atoms in total.